The average Bonchev–Trinajstić information content (AvgIpc) is 3.46. The van der Waals surface area contributed by atoms with Crippen LogP contribution < -0.4 is 10.1 Å². The van der Waals surface area contributed by atoms with Crippen LogP contribution in [0.5, 0.6) is 5.75 Å². The average molecular weight is 619 g/mol. The fourth-order valence-corrected chi connectivity index (χ4v) is 6.88. The lowest BCUT2D eigenvalue weighted by molar-refractivity contribution is -0.126. The van der Waals surface area contributed by atoms with E-state index in [0.717, 1.165) is 34.6 Å². The molecule has 1 aliphatic heterocycles. The number of rotatable bonds is 8. The summed E-state index contributed by atoms with van der Waals surface area (Å²) in [5, 5.41) is 4.21. The number of carbonyl (C=O) groups is 2. The molecule has 2 fully saturated rings. The molecule has 1 N–H and O–H groups in total. The summed E-state index contributed by atoms with van der Waals surface area (Å²) in [6, 6.07) is 13.2. The van der Waals surface area contributed by atoms with Crippen molar-refractivity contribution in [1.29, 1.82) is 0 Å². The highest BCUT2D eigenvalue weighted by molar-refractivity contribution is 8.26. The first-order valence-electron chi connectivity index (χ1n) is 12.6. The second-order valence-corrected chi connectivity index (χ2v) is 12.9. The summed E-state index contributed by atoms with van der Waals surface area (Å²) in [6.45, 7) is -0.191. The van der Waals surface area contributed by atoms with E-state index in [9.17, 15) is 9.59 Å². The molecule has 0 unspecified atom stereocenters. The molecule has 5 rings (SSSR count). The SMILES string of the molecule is O=C(CN1C(=O)/C(=C/c2ccccc2OC2CCCCC2)SC1=S)Nc1ncc(Cc2ccc(Cl)c(Cl)c2)s1. The first-order valence-corrected chi connectivity index (χ1v) is 15.3. The number of anilines is 1. The van der Waals surface area contributed by atoms with E-state index in [4.69, 9.17) is 40.2 Å². The topological polar surface area (TPSA) is 71.5 Å². The molecule has 2 aliphatic rings. The minimum absolute atomic E-state index is 0.191. The number of hydrogen-bond donors (Lipinski definition) is 1. The number of halogens is 2. The minimum Gasteiger partial charge on any atom is -0.490 e. The molecule has 1 aliphatic carbocycles. The Balaban J connectivity index is 1.20. The molecule has 6 nitrogen and oxygen atoms in total. The molecular formula is C28H25Cl2N3O3S3. The maximum atomic E-state index is 13.2. The Hall–Kier alpha value is -2.43. The molecule has 39 heavy (non-hydrogen) atoms. The van der Waals surface area contributed by atoms with Gasteiger partial charge in [0.1, 0.15) is 16.6 Å². The Kier molecular flexibility index (Phi) is 9.25. The molecule has 1 saturated carbocycles. The number of thioether (sulfide) groups is 1. The first-order chi connectivity index (χ1) is 18.9. The minimum atomic E-state index is -0.371. The molecule has 202 valence electrons. The van der Waals surface area contributed by atoms with Crippen molar-refractivity contribution in [3.05, 3.63) is 79.6 Å². The molecule has 3 aromatic rings. The van der Waals surface area contributed by atoms with E-state index >= 15 is 0 Å². The highest BCUT2D eigenvalue weighted by atomic mass is 35.5. The van der Waals surface area contributed by atoms with E-state index in [1.54, 1.807) is 18.3 Å². The summed E-state index contributed by atoms with van der Waals surface area (Å²) in [6.07, 6.45) is 9.99. The van der Waals surface area contributed by atoms with Crippen molar-refractivity contribution in [3.63, 3.8) is 0 Å². The number of hydrogen-bond acceptors (Lipinski definition) is 7. The molecule has 1 saturated heterocycles. The van der Waals surface area contributed by atoms with Gasteiger partial charge in [-0.2, -0.15) is 0 Å². The summed E-state index contributed by atoms with van der Waals surface area (Å²) in [4.78, 5) is 33.0. The fourth-order valence-electron chi connectivity index (χ4n) is 4.45. The third-order valence-corrected chi connectivity index (χ3v) is 9.42. The number of aromatic nitrogens is 1. The molecular weight excluding hydrogens is 593 g/mol. The molecule has 11 heteroatoms. The van der Waals surface area contributed by atoms with Crippen LogP contribution >= 0.6 is 58.5 Å². The normalized spacial score (nSPS) is 17.2. The van der Waals surface area contributed by atoms with Gasteiger partial charge in [-0.25, -0.2) is 4.98 Å². The predicted molar refractivity (Wildman–Crippen MR) is 164 cm³/mol. The molecule has 1 aromatic heterocycles. The van der Waals surface area contributed by atoms with Gasteiger partial charge in [0, 0.05) is 23.1 Å². The van der Waals surface area contributed by atoms with Crippen molar-refractivity contribution < 1.29 is 14.3 Å². The fraction of sp³-hybridized carbons (Fsp3) is 0.286. The van der Waals surface area contributed by atoms with E-state index in [1.807, 2.05) is 36.4 Å². The van der Waals surface area contributed by atoms with Gasteiger partial charge >= 0.3 is 0 Å². The third-order valence-electron chi connectivity index (χ3n) is 6.39. The van der Waals surface area contributed by atoms with E-state index in [2.05, 4.69) is 10.3 Å². The van der Waals surface area contributed by atoms with E-state index in [1.165, 1.54) is 47.3 Å². The Labute approximate surface area is 250 Å². The zero-order chi connectivity index (χ0) is 27.4. The predicted octanol–water partition coefficient (Wildman–Crippen LogP) is 7.59. The van der Waals surface area contributed by atoms with Crippen LogP contribution in [0.3, 0.4) is 0 Å². The Morgan fingerprint density at radius 2 is 1.95 bits per heavy atom. The summed E-state index contributed by atoms with van der Waals surface area (Å²) in [7, 11) is 0. The van der Waals surface area contributed by atoms with Crippen LogP contribution in [-0.4, -0.2) is 38.7 Å². The zero-order valence-electron chi connectivity index (χ0n) is 20.8. The van der Waals surface area contributed by atoms with Crippen LogP contribution in [0.4, 0.5) is 5.13 Å². The molecule has 2 heterocycles. The number of thiocarbonyl (C=S) groups is 1. The lowest BCUT2D eigenvalue weighted by atomic mass is 9.97. The summed E-state index contributed by atoms with van der Waals surface area (Å²) in [5.41, 5.74) is 1.81. The quantitative estimate of drug-likeness (QED) is 0.207. The monoisotopic (exact) mass is 617 g/mol. The lowest BCUT2D eigenvalue weighted by Crippen LogP contribution is -2.36. The first kappa shape index (κ1) is 28.1. The van der Waals surface area contributed by atoms with Gasteiger partial charge in [-0.15, -0.1) is 11.3 Å². The van der Waals surface area contributed by atoms with Gasteiger partial charge in [0.25, 0.3) is 5.91 Å². The second kappa shape index (κ2) is 12.8. The molecule has 0 bridgehead atoms. The molecule has 2 aromatic carbocycles. The smallest absolute Gasteiger partial charge is 0.266 e. The van der Waals surface area contributed by atoms with Crippen molar-refractivity contribution >= 4 is 85.9 Å². The third kappa shape index (κ3) is 7.21. The Bertz CT molecular complexity index is 1440. The number of benzene rings is 2. The van der Waals surface area contributed by atoms with Crippen LogP contribution in [0, 0.1) is 0 Å². The summed E-state index contributed by atoms with van der Waals surface area (Å²) in [5.74, 6) is 0.0870. The Morgan fingerprint density at radius 3 is 2.74 bits per heavy atom. The summed E-state index contributed by atoms with van der Waals surface area (Å²) >= 11 is 20.1. The zero-order valence-corrected chi connectivity index (χ0v) is 24.8. The van der Waals surface area contributed by atoms with Crippen LogP contribution in [0.15, 0.2) is 53.6 Å². The second-order valence-electron chi connectivity index (χ2n) is 9.29. The lowest BCUT2D eigenvalue weighted by Gasteiger charge is -2.23. The van der Waals surface area contributed by atoms with Crippen LogP contribution in [0.25, 0.3) is 6.08 Å². The van der Waals surface area contributed by atoms with E-state index in [-0.39, 0.29) is 24.5 Å². The number of nitrogens with zero attached hydrogens (tertiary/aromatic N) is 2. The number of ether oxygens (including phenoxy) is 1. The van der Waals surface area contributed by atoms with Gasteiger partial charge in [0.2, 0.25) is 5.91 Å². The molecule has 0 atom stereocenters. The molecule has 0 spiro atoms. The van der Waals surface area contributed by atoms with Crippen molar-refractivity contribution in [1.82, 2.24) is 9.88 Å². The van der Waals surface area contributed by atoms with Gasteiger partial charge in [-0.3, -0.25) is 14.5 Å². The Morgan fingerprint density at radius 1 is 1.15 bits per heavy atom. The molecule has 0 radical (unpaired) electrons. The number of para-hydroxylation sites is 1. The highest BCUT2D eigenvalue weighted by Gasteiger charge is 2.34. The van der Waals surface area contributed by atoms with Crippen LogP contribution in [0.2, 0.25) is 10.0 Å². The number of thiazole rings is 1. The standard InChI is InChI=1S/C28H25Cl2N3O3S3/c29-21-11-10-17(13-22(21)30)12-20-15-31-27(38-20)32-25(34)16-33-26(35)24(39-28(33)37)14-18-6-4-5-9-23(18)36-19-7-2-1-3-8-19/h4-6,9-11,13-15,19H,1-3,7-8,12,16H2,(H,31,32,34)/b24-14-. The van der Waals surface area contributed by atoms with E-state index in [0.29, 0.717) is 30.8 Å². The number of carbonyl (C=O) groups excluding carboxylic acids is 2. The highest BCUT2D eigenvalue weighted by Crippen LogP contribution is 2.35. The number of amides is 2. The van der Waals surface area contributed by atoms with Crippen molar-refractivity contribution in [2.75, 3.05) is 11.9 Å². The van der Waals surface area contributed by atoms with Crippen LogP contribution in [-0.2, 0) is 16.0 Å². The van der Waals surface area contributed by atoms with Gasteiger partial charge in [-0.1, -0.05) is 77.9 Å². The van der Waals surface area contributed by atoms with Gasteiger partial charge < -0.3 is 10.1 Å². The van der Waals surface area contributed by atoms with Gasteiger partial charge in [-0.05, 0) is 55.5 Å². The van der Waals surface area contributed by atoms with Gasteiger partial charge in [0.05, 0.1) is 21.1 Å². The van der Waals surface area contributed by atoms with Crippen molar-refractivity contribution in [3.8, 4) is 5.75 Å². The van der Waals surface area contributed by atoms with Crippen molar-refractivity contribution in [2.24, 2.45) is 0 Å². The molecule has 2 amide bonds. The largest absolute Gasteiger partial charge is 0.490 e. The summed E-state index contributed by atoms with van der Waals surface area (Å²) < 4.78 is 6.61. The van der Waals surface area contributed by atoms with Gasteiger partial charge in [0.15, 0.2) is 5.13 Å². The maximum absolute atomic E-state index is 13.2. The van der Waals surface area contributed by atoms with E-state index < -0.39 is 0 Å². The maximum Gasteiger partial charge on any atom is 0.266 e. The number of nitrogens with one attached hydrogen (secondary N) is 1. The van der Waals surface area contributed by atoms with Crippen LogP contribution in [0.1, 0.15) is 48.1 Å². The van der Waals surface area contributed by atoms with Crippen molar-refractivity contribution in [2.45, 2.75) is 44.6 Å².